The minimum Gasteiger partial charge on any atom is -0.481 e. The summed E-state index contributed by atoms with van der Waals surface area (Å²) in [5.41, 5.74) is 0. The first-order valence-corrected chi connectivity index (χ1v) is 5.65. The summed E-state index contributed by atoms with van der Waals surface area (Å²) in [6, 6.07) is -1.88. The van der Waals surface area contributed by atoms with Gasteiger partial charge >= 0.3 is 11.9 Å². The highest BCUT2D eigenvalue weighted by molar-refractivity contribution is 5.90. The molecular weight excluding hydrogens is 256 g/mol. The highest BCUT2D eigenvalue weighted by Gasteiger charge is 2.24. The van der Waals surface area contributed by atoms with Crippen molar-refractivity contribution < 1.29 is 29.0 Å². The van der Waals surface area contributed by atoms with Gasteiger partial charge in [0.15, 0.2) is 0 Å². The zero-order chi connectivity index (χ0) is 15.0. The molecule has 0 fully saturated rings. The molecule has 0 saturated carbocycles. The van der Waals surface area contributed by atoms with Crippen molar-refractivity contribution in [2.45, 2.75) is 38.8 Å². The van der Waals surface area contributed by atoms with Gasteiger partial charge in [-0.05, 0) is 13.3 Å². The molecule has 0 aliphatic rings. The number of aliphatic carboxylic acids is 1. The molecule has 0 saturated heterocycles. The second kappa shape index (κ2) is 8.06. The number of carboxylic acids is 1. The summed E-state index contributed by atoms with van der Waals surface area (Å²) in [6.07, 6.45) is -0.334. The zero-order valence-electron chi connectivity index (χ0n) is 11.1. The Labute approximate surface area is 110 Å². The highest BCUT2D eigenvalue weighted by Crippen LogP contribution is 1.99. The predicted octanol–water partition coefficient (Wildman–Crippen LogP) is -0.966. The summed E-state index contributed by atoms with van der Waals surface area (Å²) in [5.74, 6) is -2.80. The van der Waals surface area contributed by atoms with Crippen LogP contribution in [0.2, 0.25) is 0 Å². The van der Waals surface area contributed by atoms with Gasteiger partial charge in [-0.3, -0.25) is 14.4 Å². The van der Waals surface area contributed by atoms with E-state index in [9.17, 15) is 19.2 Å². The number of hydrogen-bond acceptors (Lipinski definition) is 5. The molecule has 0 radical (unpaired) electrons. The normalized spacial score (nSPS) is 13.0. The Morgan fingerprint density at radius 3 is 2.21 bits per heavy atom. The van der Waals surface area contributed by atoms with Gasteiger partial charge in [-0.25, -0.2) is 4.79 Å². The Balaban J connectivity index is 4.56. The lowest BCUT2D eigenvalue weighted by Gasteiger charge is -2.19. The van der Waals surface area contributed by atoms with E-state index in [1.54, 1.807) is 0 Å². The van der Waals surface area contributed by atoms with E-state index in [4.69, 9.17) is 5.11 Å². The molecule has 0 rings (SSSR count). The molecule has 0 aliphatic heterocycles. The van der Waals surface area contributed by atoms with Gasteiger partial charge < -0.3 is 20.5 Å². The van der Waals surface area contributed by atoms with Gasteiger partial charge in [0, 0.05) is 13.3 Å². The molecule has 0 spiro atoms. The van der Waals surface area contributed by atoms with Gasteiger partial charge in [0.05, 0.1) is 7.11 Å². The van der Waals surface area contributed by atoms with Crippen LogP contribution in [0.15, 0.2) is 0 Å². The topological polar surface area (TPSA) is 122 Å². The van der Waals surface area contributed by atoms with E-state index in [0.717, 1.165) is 0 Å². The molecule has 8 heteroatoms. The lowest BCUT2D eigenvalue weighted by molar-refractivity contribution is -0.145. The number of amides is 2. The third kappa shape index (κ3) is 7.02. The number of carbonyl (C=O) groups excluding carboxylic acids is 3. The second-order valence-corrected chi connectivity index (χ2v) is 3.94. The second-order valence-electron chi connectivity index (χ2n) is 3.94. The van der Waals surface area contributed by atoms with Gasteiger partial charge in [0.1, 0.15) is 12.1 Å². The van der Waals surface area contributed by atoms with E-state index in [2.05, 4.69) is 15.4 Å². The van der Waals surface area contributed by atoms with Crippen molar-refractivity contribution in [3.05, 3.63) is 0 Å². The third-order valence-electron chi connectivity index (χ3n) is 2.25. The standard InChI is InChI=1S/C11H18N2O6/c1-6(11(18)19-3)12-10(17)8(13-7(2)14)4-5-9(15)16/h6,8H,4-5H2,1-3H3,(H,12,17)(H,13,14)(H,15,16)/t6-,8-/m0/s1. The summed E-state index contributed by atoms with van der Waals surface area (Å²) < 4.78 is 4.44. The molecule has 2 amide bonds. The largest absolute Gasteiger partial charge is 0.481 e. The lowest BCUT2D eigenvalue weighted by atomic mass is 10.1. The number of hydrogen-bond donors (Lipinski definition) is 3. The number of nitrogens with one attached hydrogen (secondary N) is 2. The van der Waals surface area contributed by atoms with Crippen LogP contribution in [0.3, 0.4) is 0 Å². The molecule has 0 bridgehead atoms. The lowest BCUT2D eigenvalue weighted by Crippen LogP contribution is -2.50. The Morgan fingerprint density at radius 1 is 1.21 bits per heavy atom. The first-order chi connectivity index (χ1) is 8.77. The average molecular weight is 274 g/mol. The Hall–Kier alpha value is -2.12. The van der Waals surface area contributed by atoms with Gasteiger partial charge in [0.2, 0.25) is 11.8 Å². The van der Waals surface area contributed by atoms with Crippen LogP contribution in [0.25, 0.3) is 0 Å². The minimum absolute atomic E-state index is 0.0609. The first-order valence-electron chi connectivity index (χ1n) is 5.65. The number of carbonyl (C=O) groups is 4. The minimum atomic E-state index is -1.08. The van der Waals surface area contributed by atoms with Gasteiger partial charge in [-0.15, -0.1) is 0 Å². The fourth-order valence-electron chi connectivity index (χ4n) is 1.33. The van der Waals surface area contributed by atoms with Crippen molar-refractivity contribution in [1.29, 1.82) is 0 Å². The van der Waals surface area contributed by atoms with Crippen LogP contribution in [-0.2, 0) is 23.9 Å². The highest BCUT2D eigenvalue weighted by atomic mass is 16.5. The average Bonchev–Trinajstić information content (AvgIpc) is 2.32. The summed E-state index contributed by atoms with van der Waals surface area (Å²) in [4.78, 5) is 44.4. The van der Waals surface area contributed by atoms with E-state index < -0.39 is 35.8 Å². The van der Waals surface area contributed by atoms with Crippen molar-refractivity contribution in [3.8, 4) is 0 Å². The quantitative estimate of drug-likeness (QED) is 0.514. The van der Waals surface area contributed by atoms with Crippen LogP contribution < -0.4 is 10.6 Å². The van der Waals surface area contributed by atoms with E-state index in [1.807, 2.05) is 0 Å². The summed E-state index contributed by atoms with van der Waals surface area (Å²) in [6.45, 7) is 2.64. The maximum absolute atomic E-state index is 11.8. The van der Waals surface area contributed by atoms with Crippen LogP contribution in [-0.4, -0.2) is 48.1 Å². The maximum Gasteiger partial charge on any atom is 0.328 e. The van der Waals surface area contributed by atoms with Crippen LogP contribution in [0.4, 0.5) is 0 Å². The fraction of sp³-hybridized carbons (Fsp3) is 0.636. The number of rotatable bonds is 7. The fourth-order valence-corrected chi connectivity index (χ4v) is 1.33. The molecule has 19 heavy (non-hydrogen) atoms. The molecule has 0 heterocycles. The van der Waals surface area contributed by atoms with Gasteiger partial charge in [-0.1, -0.05) is 0 Å². The molecule has 0 unspecified atom stereocenters. The zero-order valence-corrected chi connectivity index (χ0v) is 11.1. The number of esters is 1. The van der Waals surface area contributed by atoms with Crippen LogP contribution in [0.5, 0.6) is 0 Å². The maximum atomic E-state index is 11.8. The third-order valence-corrected chi connectivity index (χ3v) is 2.25. The predicted molar refractivity (Wildman–Crippen MR) is 64.1 cm³/mol. The van der Waals surface area contributed by atoms with Gasteiger partial charge in [0.25, 0.3) is 0 Å². The number of ether oxygens (including phenoxy) is 1. The summed E-state index contributed by atoms with van der Waals surface area (Å²) >= 11 is 0. The molecule has 0 aromatic carbocycles. The van der Waals surface area contributed by atoms with E-state index in [0.29, 0.717) is 0 Å². The Kier molecular flexibility index (Phi) is 7.16. The molecule has 8 nitrogen and oxygen atoms in total. The Morgan fingerprint density at radius 2 is 1.79 bits per heavy atom. The van der Waals surface area contributed by atoms with E-state index in [1.165, 1.54) is 21.0 Å². The molecule has 0 aromatic rings. The van der Waals surface area contributed by atoms with E-state index >= 15 is 0 Å². The van der Waals surface area contributed by atoms with Gasteiger partial charge in [-0.2, -0.15) is 0 Å². The summed E-state index contributed by atoms with van der Waals surface area (Å²) in [5, 5.41) is 13.2. The number of carboxylic acid groups (broad SMARTS) is 1. The van der Waals surface area contributed by atoms with Crippen LogP contribution in [0.1, 0.15) is 26.7 Å². The molecule has 0 aliphatic carbocycles. The smallest absolute Gasteiger partial charge is 0.328 e. The molecule has 108 valence electrons. The monoisotopic (exact) mass is 274 g/mol. The first kappa shape index (κ1) is 16.9. The van der Waals surface area contributed by atoms with Crippen molar-refractivity contribution in [1.82, 2.24) is 10.6 Å². The summed E-state index contributed by atoms with van der Waals surface area (Å²) in [7, 11) is 1.18. The SMILES string of the molecule is COC(=O)[C@H](C)NC(=O)[C@H](CCC(=O)O)NC(C)=O. The van der Waals surface area contributed by atoms with Crippen LogP contribution >= 0.6 is 0 Å². The van der Waals surface area contributed by atoms with Crippen LogP contribution in [0, 0.1) is 0 Å². The molecule has 2 atom stereocenters. The number of methoxy groups -OCH3 is 1. The Bertz CT molecular complexity index is 368. The van der Waals surface area contributed by atoms with Crippen molar-refractivity contribution >= 4 is 23.8 Å². The van der Waals surface area contributed by atoms with Crippen molar-refractivity contribution in [2.75, 3.05) is 7.11 Å². The van der Waals surface area contributed by atoms with Crippen molar-refractivity contribution in [3.63, 3.8) is 0 Å². The van der Waals surface area contributed by atoms with E-state index in [-0.39, 0.29) is 12.8 Å². The molecule has 0 aromatic heterocycles. The molecule has 3 N–H and O–H groups in total. The van der Waals surface area contributed by atoms with Crippen molar-refractivity contribution in [2.24, 2.45) is 0 Å². The molecular formula is C11H18N2O6.